The van der Waals surface area contributed by atoms with E-state index < -0.39 is 9.84 Å². The molecule has 1 amide bonds. The standard InChI is InChI=1S/C19H21NO5S/c21-15-4-7-17(8-5-15)26(23,24)12-2-1-11-25-16-6-9-18-14(13-16)3-10-19(22)20-18/h4-9,13,21H,1-3,10-12H2,(H,20,22). The number of phenols is 1. The number of fused-ring (bicyclic) bond motifs is 1. The van der Waals surface area contributed by atoms with Crippen molar-refractivity contribution in [2.24, 2.45) is 0 Å². The van der Waals surface area contributed by atoms with Crippen molar-refractivity contribution in [2.75, 3.05) is 17.7 Å². The number of aromatic hydroxyl groups is 1. The van der Waals surface area contributed by atoms with Gasteiger partial charge >= 0.3 is 0 Å². The van der Waals surface area contributed by atoms with E-state index >= 15 is 0 Å². The molecule has 1 aliphatic heterocycles. The number of anilines is 1. The minimum Gasteiger partial charge on any atom is -0.508 e. The number of phenolic OH excluding ortho intramolecular Hbond substituents is 1. The average molecular weight is 375 g/mol. The molecule has 1 heterocycles. The lowest BCUT2D eigenvalue weighted by atomic mass is 10.0. The van der Waals surface area contributed by atoms with E-state index in [4.69, 9.17) is 4.74 Å². The van der Waals surface area contributed by atoms with Crippen molar-refractivity contribution in [3.05, 3.63) is 48.0 Å². The Labute approximate surface area is 152 Å². The topological polar surface area (TPSA) is 92.7 Å². The van der Waals surface area contributed by atoms with Gasteiger partial charge in [-0.25, -0.2) is 8.42 Å². The number of unbranched alkanes of at least 4 members (excludes halogenated alkanes) is 1. The molecule has 0 spiro atoms. The van der Waals surface area contributed by atoms with Gasteiger partial charge in [-0.05, 0) is 67.3 Å². The van der Waals surface area contributed by atoms with Gasteiger partial charge in [-0.1, -0.05) is 0 Å². The number of nitrogens with one attached hydrogen (secondary N) is 1. The molecule has 0 saturated carbocycles. The highest BCUT2D eigenvalue weighted by atomic mass is 32.2. The molecular weight excluding hydrogens is 354 g/mol. The minimum absolute atomic E-state index is 0.0287. The molecule has 0 aliphatic carbocycles. The number of benzene rings is 2. The van der Waals surface area contributed by atoms with Gasteiger partial charge in [0.15, 0.2) is 9.84 Å². The second kappa shape index (κ2) is 7.78. The van der Waals surface area contributed by atoms with Crippen LogP contribution in [-0.2, 0) is 21.1 Å². The first-order valence-corrected chi connectivity index (χ1v) is 10.2. The molecule has 2 aromatic carbocycles. The van der Waals surface area contributed by atoms with Crippen molar-refractivity contribution < 1.29 is 23.1 Å². The van der Waals surface area contributed by atoms with Crippen molar-refractivity contribution in [1.29, 1.82) is 0 Å². The fourth-order valence-corrected chi connectivity index (χ4v) is 4.18. The van der Waals surface area contributed by atoms with Crippen molar-refractivity contribution in [2.45, 2.75) is 30.6 Å². The number of amides is 1. The number of carbonyl (C=O) groups is 1. The first-order valence-electron chi connectivity index (χ1n) is 8.51. The van der Waals surface area contributed by atoms with Crippen LogP contribution in [0.15, 0.2) is 47.4 Å². The molecule has 0 saturated heterocycles. The summed E-state index contributed by atoms with van der Waals surface area (Å²) >= 11 is 0. The molecule has 0 bridgehead atoms. The molecule has 0 fully saturated rings. The van der Waals surface area contributed by atoms with Gasteiger partial charge in [0, 0.05) is 12.1 Å². The van der Waals surface area contributed by atoms with Crippen molar-refractivity contribution >= 4 is 21.4 Å². The normalized spacial score (nSPS) is 13.8. The monoisotopic (exact) mass is 375 g/mol. The highest BCUT2D eigenvalue weighted by Crippen LogP contribution is 2.27. The summed E-state index contributed by atoms with van der Waals surface area (Å²) in [4.78, 5) is 11.6. The van der Waals surface area contributed by atoms with Crippen LogP contribution in [0.3, 0.4) is 0 Å². The predicted molar refractivity (Wildman–Crippen MR) is 98.3 cm³/mol. The summed E-state index contributed by atoms with van der Waals surface area (Å²) in [6.45, 7) is 0.427. The number of sulfone groups is 1. The molecular formula is C19H21NO5S. The maximum Gasteiger partial charge on any atom is 0.224 e. The van der Waals surface area contributed by atoms with E-state index in [2.05, 4.69) is 5.32 Å². The van der Waals surface area contributed by atoms with Gasteiger partial charge in [0.25, 0.3) is 0 Å². The van der Waals surface area contributed by atoms with Gasteiger partial charge in [-0.15, -0.1) is 0 Å². The van der Waals surface area contributed by atoms with Crippen LogP contribution in [0.2, 0.25) is 0 Å². The zero-order chi connectivity index (χ0) is 18.6. The average Bonchev–Trinajstić information content (AvgIpc) is 2.62. The van der Waals surface area contributed by atoms with E-state index in [9.17, 15) is 18.3 Å². The molecule has 0 radical (unpaired) electrons. The number of carbonyl (C=O) groups excluding carboxylic acids is 1. The maximum atomic E-state index is 12.2. The zero-order valence-electron chi connectivity index (χ0n) is 14.3. The third kappa shape index (κ3) is 4.54. The summed E-state index contributed by atoms with van der Waals surface area (Å²) in [5.41, 5.74) is 1.88. The Hall–Kier alpha value is -2.54. The van der Waals surface area contributed by atoms with Crippen LogP contribution in [0, 0.1) is 0 Å². The van der Waals surface area contributed by atoms with Crippen LogP contribution in [0.5, 0.6) is 11.5 Å². The molecule has 2 N–H and O–H groups in total. The smallest absolute Gasteiger partial charge is 0.224 e. The predicted octanol–water partition coefficient (Wildman–Crippen LogP) is 2.91. The van der Waals surface area contributed by atoms with Crippen LogP contribution in [0.4, 0.5) is 5.69 Å². The fraction of sp³-hybridized carbons (Fsp3) is 0.316. The number of ether oxygens (including phenoxy) is 1. The van der Waals surface area contributed by atoms with Crippen LogP contribution >= 0.6 is 0 Å². The summed E-state index contributed by atoms with van der Waals surface area (Å²) in [6.07, 6.45) is 2.28. The van der Waals surface area contributed by atoms with Gasteiger partial charge < -0.3 is 15.2 Å². The van der Waals surface area contributed by atoms with Crippen molar-refractivity contribution in [1.82, 2.24) is 0 Å². The van der Waals surface area contributed by atoms with Gasteiger partial charge in [0.05, 0.1) is 17.3 Å². The van der Waals surface area contributed by atoms with Gasteiger partial charge in [-0.3, -0.25) is 4.79 Å². The third-order valence-electron chi connectivity index (χ3n) is 4.24. The maximum absolute atomic E-state index is 12.2. The van der Waals surface area contributed by atoms with Gasteiger partial charge in [0.1, 0.15) is 11.5 Å². The van der Waals surface area contributed by atoms with Gasteiger partial charge in [0.2, 0.25) is 5.91 Å². The first-order chi connectivity index (χ1) is 12.4. The van der Waals surface area contributed by atoms with Crippen molar-refractivity contribution in [3.63, 3.8) is 0 Å². The van der Waals surface area contributed by atoms with Crippen LogP contribution in [0.1, 0.15) is 24.8 Å². The molecule has 26 heavy (non-hydrogen) atoms. The summed E-state index contributed by atoms with van der Waals surface area (Å²) in [7, 11) is -3.35. The van der Waals surface area contributed by atoms with E-state index in [1.807, 2.05) is 12.1 Å². The summed E-state index contributed by atoms with van der Waals surface area (Å²) in [6, 6.07) is 11.1. The molecule has 0 aromatic heterocycles. The molecule has 138 valence electrons. The van der Waals surface area contributed by atoms with E-state index in [0.717, 1.165) is 17.0 Å². The zero-order valence-corrected chi connectivity index (χ0v) is 15.1. The Bertz CT molecular complexity index is 891. The van der Waals surface area contributed by atoms with Crippen molar-refractivity contribution in [3.8, 4) is 11.5 Å². The van der Waals surface area contributed by atoms with Crippen LogP contribution in [0.25, 0.3) is 0 Å². The number of rotatable bonds is 7. The lowest BCUT2D eigenvalue weighted by molar-refractivity contribution is -0.116. The molecule has 0 atom stereocenters. The second-order valence-corrected chi connectivity index (χ2v) is 8.34. The molecule has 6 nitrogen and oxygen atoms in total. The summed E-state index contributed by atoms with van der Waals surface area (Å²) in [5, 5.41) is 12.1. The molecule has 0 unspecified atom stereocenters. The highest BCUT2D eigenvalue weighted by Gasteiger charge is 2.16. The number of aryl methyl sites for hydroxylation is 1. The lowest BCUT2D eigenvalue weighted by Crippen LogP contribution is -2.18. The molecule has 3 rings (SSSR count). The van der Waals surface area contributed by atoms with Gasteiger partial charge in [-0.2, -0.15) is 0 Å². The molecule has 1 aliphatic rings. The molecule has 7 heteroatoms. The lowest BCUT2D eigenvalue weighted by Gasteiger charge is -2.17. The van der Waals surface area contributed by atoms with E-state index in [-0.39, 0.29) is 22.3 Å². The van der Waals surface area contributed by atoms with E-state index in [1.54, 1.807) is 6.07 Å². The largest absolute Gasteiger partial charge is 0.508 e. The summed E-state index contributed by atoms with van der Waals surface area (Å²) in [5.74, 6) is 0.835. The Balaban J connectivity index is 1.46. The van der Waals surface area contributed by atoms with Crippen LogP contribution in [-0.4, -0.2) is 31.8 Å². The quantitative estimate of drug-likeness (QED) is 0.726. The third-order valence-corrected chi connectivity index (χ3v) is 6.06. The second-order valence-electron chi connectivity index (χ2n) is 6.24. The summed E-state index contributed by atoms with van der Waals surface area (Å²) < 4.78 is 30.1. The first kappa shape index (κ1) is 18.3. The Morgan fingerprint density at radius 3 is 2.58 bits per heavy atom. The van der Waals surface area contributed by atoms with E-state index in [0.29, 0.717) is 32.3 Å². The minimum atomic E-state index is -3.35. The SMILES string of the molecule is O=C1CCc2cc(OCCCCS(=O)(=O)c3ccc(O)cc3)ccc2N1. The highest BCUT2D eigenvalue weighted by molar-refractivity contribution is 7.91. The fourth-order valence-electron chi connectivity index (χ4n) is 2.81. The Morgan fingerprint density at radius 2 is 1.81 bits per heavy atom. The Morgan fingerprint density at radius 1 is 1.04 bits per heavy atom. The number of hydrogen-bond acceptors (Lipinski definition) is 5. The number of hydrogen-bond donors (Lipinski definition) is 2. The Kier molecular flexibility index (Phi) is 5.46. The van der Waals surface area contributed by atoms with E-state index in [1.165, 1.54) is 24.3 Å². The molecule has 2 aromatic rings. The van der Waals surface area contributed by atoms with Crippen LogP contribution < -0.4 is 10.1 Å².